The molecule has 2 saturated carbocycles. The molecule has 2 saturated heterocycles. The summed E-state index contributed by atoms with van der Waals surface area (Å²) in [5.74, 6) is 0.914. The third-order valence-corrected chi connectivity index (χ3v) is 10.3. The Hall–Kier alpha value is -2.21. The van der Waals surface area contributed by atoms with E-state index >= 15 is 0 Å². The molecule has 0 radical (unpaired) electrons. The molecule has 1 aromatic carbocycles. The van der Waals surface area contributed by atoms with Crippen LogP contribution in [0.15, 0.2) is 29.1 Å². The van der Waals surface area contributed by atoms with Gasteiger partial charge in [0.2, 0.25) is 0 Å². The van der Waals surface area contributed by atoms with Crippen LogP contribution in [0.2, 0.25) is 0 Å². The maximum atomic E-state index is 14.1. The maximum absolute atomic E-state index is 14.1. The molecule has 4 aliphatic rings. The molecule has 4 bridgehead atoms. The van der Waals surface area contributed by atoms with E-state index in [0.29, 0.717) is 24.2 Å². The molecule has 2 aromatic rings. The Kier molecular flexibility index (Phi) is 7.13. The fraction of sp³-hybridized carbons (Fsp3) is 0.710. The lowest BCUT2D eigenvalue weighted by atomic mass is 9.76. The molecule has 6 atom stereocenters. The van der Waals surface area contributed by atoms with Crippen LogP contribution in [-0.2, 0) is 4.79 Å². The summed E-state index contributed by atoms with van der Waals surface area (Å²) < 4.78 is 2.07. The summed E-state index contributed by atoms with van der Waals surface area (Å²) in [6.45, 7) is 2.04. The van der Waals surface area contributed by atoms with Gasteiger partial charge in [-0.05, 0) is 81.8 Å². The van der Waals surface area contributed by atoms with Crippen molar-refractivity contribution in [2.24, 2.45) is 11.8 Å². The highest BCUT2D eigenvalue weighted by atomic mass is 16.4. The van der Waals surface area contributed by atoms with Gasteiger partial charge in [0, 0.05) is 36.5 Å². The molecule has 5 unspecified atom stereocenters. The van der Waals surface area contributed by atoms with Crippen LogP contribution in [0.1, 0.15) is 114 Å². The summed E-state index contributed by atoms with van der Waals surface area (Å²) in [4.78, 5) is 33.1. The molecule has 2 aliphatic carbocycles. The Labute approximate surface area is 220 Å². The number of rotatable bonds is 7. The van der Waals surface area contributed by atoms with Gasteiger partial charge in [-0.1, -0.05) is 44.7 Å². The summed E-state index contributed by atoms with van der Waals surface area (Å²) in [6.07, 6.45) is 15.8. The molecule has 2 aliphatic heterocycles. The van der Waals surface area contributed by atoms with Gasteiger partial charge < -0.3 is 9.67 Å². The number of para-hydroxylation sites is 2. The highest BCUT2D eigenvalue weighted by molar-refractivity contribution is 5.75. The number of piperidine rings is 1. The average Bonchev–Trinajstić information content (AvgIpc) is 3.04. The molecule has 1 aromatic heterocycles. The van der Waals surface area contributed by atoms with E-state index in [4.69, 9.17) is 4.98 Å². The number of aliphatic carboxylic acids is 1. The van der Waals surface area contributed by atoms with Crippen molar-refractivity contribution in [2.45, 2.75) is 127 Å². The van der Waals surface area contributed by atoms with Gasteiger partial charge in [0.25, 0.3) is 5.56 Å². The van der Waals surface area contributed by atoms with Gasteiger partial charge in [-0.2, -0.15) is 0 Å². The molecule has 37 heavy (non-hydrogen) atoms. The van der Waals surface area contributed by atoms with Crippen LogP contribution in [0, 0.1) is 11.8 Å². The lowest BCUT2D eigenvalue weighted by Crippen LogP contribution is -2.52. The van der Waals surface area contributed by atoms with Crippen molar-refractivity contribution >= 4 is 17.0 Å². The topological polar surface area (TPSA) is 75.4 Å². The molecule has 6 nitrogen and oxygen atoms in total. The van der Waals surface area contributed by atoms with E-state index in [9.17, 15) is 14.7 Å². The van der Waals surface area contributed by atoms with E-state index in [-0.39, 0.29) is 23.9 Å². The molecule has 3 heterocycles. The van der Waals surface area contributed by atoms with Crippen LogP contribution >= 0.6 is 0 Å². The Balaban J connectivity index is 1.30. The van der Waals surface area contributed by atoms with Crippen LogP contribution in [0.3, 0.4) is 0 Å². The molecule has 4 fully saturated rings. The van der Waals surface area contributed by atoms with Crippen LogP contribution in [0.4, 0.5) is 0 Å². The van der Waals surface area contributed by atoms with Gasteiger partial charge in [0.05, 0.1) is 11.0 Å². The number of hydrogen-bond donors (Lipinski definition) is 1. The second kappa shape index (κ2) is 10.5. The summed E-state index contributed by atoms with van der Waals surface area (Å²) in [7, 11) is 0. The van der Waals surface area contributed by atoms with Crippen molar-refractivity contribution in [1.29, 1.82) is 0 Å². The zero-order valence-corrected chi connectivity index (χ0v) is 22.4. The number of benzene rings is 1. The van der Waals surface area contributed by atoms with Crippen molar-refractivity contribution in [1.82, 2.24) is 14.5 Å². The third-order valence-electron chi connectivity index (χ3n) is 10.3. The number of hydrogen-bond acceptors (Lipinski definition) is 4. The van der Waals surface area contributed by atoms with Crippen LogP contribution in [0.5, 0.6) is 0 Å². The zero-order chi connectivity index (χ0) is 25.5. The first-order chi connectivity index (χ1) is 18.0. The second-order valence-electron chi connectivity index (χ2n) is 12.5. The number of nitrogens with zero attached hydrogens (tertiary/aromatic N) is 3. The van der Waals surface area contributed by atoms with Gasteiger partial charge >= 0.3 is 5.97 Å². The number of aromatic nitrogens is 2. The highest BCUT2D eigenvalue weighted by Crippen LogP contribution is 2.48. The normalized spacial score (nSPS) is 32.8. The summed E-state index contributed by atoms with van der Waals surface area (Å²) >= 11 is 0. The molecule has 0 amide bonds. The van der Waals surface area contributed by atoms with E-state index in [1.165, 1.54) is 57.8 Å². The van der Waals surface area contributed by atoms with Crippen molar-refractivity contribution < 1.29 is 9.90 Å². The van der Waals surface area contributed by atoms with E-state index in [1.54, 1.807) is 0 Å². The van der Waals surface area contributed by atoms with E-state index in [0.717, 1.165) is 48.2 Å². The standard InChI is InChI=1S/C31H43N3O3/c1-2-22(11-14-29(35)36)30-31(37)34(28-10-6-5-9-27(28)32-30)26-18-23-12-13-24(19-26)33(23)25-16-20-7-3-4-8-21(15-20)17-25/h5-6,9-10,20-26H,2-4,7-8,11-19H2,1H3,(H,35,36)/t20?,21?,22?,23-,24?,25?,26?/m0/s1. The smallest absolute Gasteiger partial charge is 0.303 e. The quantitative estimate of drug-likeness (QED) is 0.479. The predicted molar refractivity (Wildman–Crippen MR) is 146 cm³/mol. The minimum absolute atomic E-state index is 0.0116. The minimum Gasteiger partial charge on any atom is -0.481 e. The van der Waals surface area contributed by atoms with E-state index in [1.807, 2.05) is 31.2 Å². The first-order valence-electron chi connectivity index (χ1n) is 15.0. The molecular formula is C31H43N3O3. The average molecular weight is 506 g/mol. The van der Waals surface area contributed by atoms with E-state index < -0.39 is 5.97 Å². The molecule has 1 N–H and O–H groups in total. The van der Waals surface area contributed by atoms with Crippen molar-refractivity contribution in [3.63, 3.8) is 0 Å². The van der Waals surface area contributed by atoms with Gasteiger partial charge in [-0.3, -0.25) is 14.5 Å². The largest absolute Gasteiger partial charge is 0.481 e. The van der Waals surface area contributed by atoms with Gasteiger partial charge in [0.15, 0.2) is 0 Å². The number of carbonyl (C=O) groups is 1. The van der Waals surface area contributed by atoms with Crippen molar-refractivity contribution in [2.75, 3.05) is 0 Å². The SMILES string of the molecule is CCC(CCC(=O)O)c1nc2ccccc2n(C2CC3CC[C@@H](C2)N3C2CC3CCCCC(C3)C2)c1=O. The first kappa shape index (κ1) is 25.1. The summed E-state index contributed by atoms with van der Waals surface area (Å²) in [5.41, 5.74) is 2.37. The van der Waals surface area contributed by atoms with Crippen LogP contribution in [0.25, 0.3) is 11.0 Å². The Bertz CT molecular complexity index is 1160. The van der Waals surface area contributed by atoms with Crippen LogP contribution in [-0.4, -0.2) is 43.7 Å². The lowest BCUT2D eigenvalue weighted by Gasteiger charge is -2.48. The molecular weight excluding hydrogens is 462 g/mol. The van der Waals surface area contributed by atoms with Crippen LogP contribution < -0.4 is 5.56 Å². The Morgan fingerprint density at radius 1 is 0.946 bits per heavy atom. The van der Waals surface area contributed by atoms with Crippen molar-refractivity contribution in [3.8, 4) is 0 Å². The zero-order valence-electron chi connectivity index (χ0n) is 22.4. The molecule has 200 valence electrons. The molecule has 6 rings (SSSR count). The summed E-state index contributed by atoms with van der Waals surface area (Å²) in [6, 6.07) is 10.1. The Morgan fingerprint density at radius 3 is 2.27 bits per heavy atom. The van der Waals surface area contributed by atoms with E-state index in [2.05, 4.69) is 9.47 Å². The highest BCUT2D eigenvalue weighted by Gasteiger charge is 2.47. The molecule has 6 heteroatoms. The Morgan fingerprint density at radius 2 is 1.62 bits per heavy atom. The number of carboxylic acid groups (broad SMARTS) is 1. The maximum Gasteiger partial charge on any atom is 0.303 e. The molecule has 0 spiro atoms. The first-order valence-corrected chi connectivity index (χ1v) is 15.0. The van der Waals surface area contributed by atoms with Gasteiger partial charge in [0.1, 0.15) is 5.69 Å². The summed E-state index contributed by atoms with van der Waals surface area (Å²) in [5, 5.41) is 9.26. The second-order valence-corrected chi connectivity index (χ2v) is 12.5. The predicted octanol–water partition coefficient (Wildman–Crippen LogP) is 6.28. The van der Waals surface area contributed by atoms with Crippen molar-refractivity contribution in [3.05, 3.63) is 40.3 Å². The minimum atomic E-state index is -0.814. The monoisotopic (exact) mass is 505 g/mol. The fourth-order valence-electron chi connectivity index (χ4n) is 8.74. The fourth-order valence-corrected chi connectivity index (χ4v) is 8.74. The lowest BCUT2D eigenvalue weighted by molar-refractivity contribution is -0.137. The number of fused-ring (bicyclic) bond motifs is 5. The number of carboxylic acids is 1. The van der Waals surface area contributed by atoms with Gasteiger partial charge in [-0.15, -0.1) is 0 Å². The van der Waals surface area contributed by atoms with Gasteiger partial charge in [-0.25, -0.2) is 4.98 Å². The third kappa shape index (κ3) is 4.86.